The van der Waals surface area contributed by atoms with E-state index in [0.29, 0.717) is 30.3 Å². The van der Waals surface area contributed by atoms with Crippen LogP contribution in [0.3, 0.4) is 0 Å². The highest BCUT2D eigenvalue weighted by Gasteiger charge is 2.49. The van der Waals surface area contributed by atoms with Crippen molar-refractivity contribution in [3.63, 3.8) is 0 Å². The van der Waals surface area contributed by atoms with E-state index in [-0.39, 0.29) is 5.75 Å². The first kappa shape index (κ1) is 23.3. The van der Waals surface area contributed by atoms with E-state index in [0.717, 1.165) is 10.5 Å². The van der Waals surface area contributed by atoms with Crippen LogP contribution in [0.15, 0.2) is 42.5 Å². The number of fused-ring (bicyclic) bond motifs is 1. The van der Waals surface area contributed by atoms with Crippen LogP contribution >= 0.6 is 0 Å². The Bertz CT molecular complexity index is 1110. The molecule has 2 aromatic carbocycles. The smallest absolute Gasteiger partial charge is 0.387 e. The van der Waals surface area contributed by atoms with Crippen LogP contribution in [0.4, 0.5) is 13.6 Å². The van der Waals surface area contributed by atoms with Crippen LogP contribution in [-0.4, -0.2) is 49.1 Å². The first-order valence-corrected chi connectivity index (χ1v) is 10.6. The summed E-state index contributed by atoms with van der Waals surface area (Å²) in [6.07, 6.45) is 0. The van der Waals surface area contributed by atoms with Gasteiger partial charge in [-0.1, -0.05) is 18.2 Å². The van der Waals surface area contributed by atoms with Crippen LogP contribution in [0, 0.1) is 0 Å². The van der Waals surface area contributed by atoms with Gasteiger partial charge in [0, 0.05) is 0 Å². The van der Waals surface area contributed by atoms with E-state index in [2.05, 4.69) is 15.4 Å². The van der Waals surface area contributed by atoms with Gasteiger partial charge in [0.15, 0.2) is 11.5 Å². The number of ether oxygens (including phenoxy) is 3. The van der Waals surface area contributed by atoms with E-state index in [9.17, 15) is 23.2 Å². The fourth-order valence-electron chi connectivity index (χ4n) is 3.85. The van der Waals surface area contributed by atoms with Gasteiger partial charge in [-0.3, -0.25) is 14.5 Å². The maximum absolute atomic E-state index is 13.0. The molecular weight excluding hydrogens is 452 g/mol. The molecule has 2 aliphatic heterocycles. The Labute approximate surface area is 194 Å². The van der Waals surface area contributed by atoms with Crippen LogP contribution in [0.25, 0.3) is 0 Å². The summed E-state index contributed by atoms with van der Waals surface area (Å²) in [5.41, 5.74) is -0.326. The number of rotatable bonds is 7. The number of carbonyl (C=O) groups excluding carboxylic acids is 3. The molecule has 9 nitrogen and oxygen atoms in total. The summed E-state index contributed by atoms with van der Waals surface area (Å²) in [6.45, 7) is 0.685. The Hall–Kier alpha value is -3.89. The summed E-state index contributed by atoms with van der Waals surface area (Å²) in [5, 5.41) is 5.34. The number of carbonyl (C=O) groups is 3. The lowest BCUT2D eigenvalue weighted by Gasteiger charge is -2.23. The van der Waals surface area contributed by atoms with E-state index in [1.54, 1.807) is 25.1 Å². The van der Waals surface area contributed by atoms with Crippen LogP contribution in [0.2, 0.25) is 0 Å². The van der Waals surface area contributed by atoms with Crippen LogP contribution in [0.5, 0.6) is 17.2 Å². The molecule has 0 spiro atoms. The van der Waals surface area contributed by atoms with Crippen molar-refractivity contribution < 1.29 is 37.4 Å². The maximum atomic E-state index is 13.0. The van der Waals surface area contributed by atoms with Crippen molar-refractivity contribution in [2.75, 3.05) is 19.8 Å². The fourth-order valence-corrected chi connectivity index (χ4v) is 3.85. The molecule has 2 atom stereocenters. The standard InChI is InChI=1S/C23H23F2N3O6/c1-13(14-3-8-17-18(11-14)33-10-9-32-17)26-19(29)12-28-20(30)23(2,27-22(28)31)15-4-6-16(7-5-15)34-21(24)25/h3-8,11,13,21H,9-10,12H2,1-2H3,(H,26,29)(H,27,31)/t13-,23+/m0/s1. The second kappa shape index (κ2) is 9.16. The summed E-state index contributed by atoms with van der Waals surface area (Å²) in [4.78, 5) is 39.0. The number of hydrogen-bond donors (Lipinski definition) is 2. The maximum Gasteiger partial charge on any atom is 0.387 e. The predicted molar refractivity (Wildman–Crippen MR) is 115 cm³/mol. The van der Waals surface area contributed by atoms with Gasteiger partial charge < -0.3 is 24.8 Å². The number of alkyl halides is 2. The predicted octanol–water partition coefficient (Wildman–Crippen LogP) is 2.70. The molecule has 0 radical (unpaired) electrons. The number of nitrogens with zero attached hydrogens (tertiary/aromatic N) is 1. The van der Waals surface area contributed by atoms with Gasteiger partial charge >= 0.3 is 12.6 Å². The zero-order valence-electron chi connectivity index (χ0n) is 18.5. The first-order chi connectivity index (χ1) is 16.2. The molecule has 34 heavy (non-hydrogen) atoms. The van der Waals surface area contributed by atoms with E-state index in [1.165, 1.54) is 31.2 Å². The molecule has 1 fully saturated rings. The van der Waals surface area contributed by atoms with Gasteiger partial charge in [-0.05, 0) is 49.2 Å². The Morgan fingerprint density at radius 3 is 2.50 bits per heavy atom. The minimum Gasteiger partial charge on any atom is -0.486 e. The molecule has 0 aliphatic carbocycles. The lowest BCUT2D eigenvalue weighted by Crippen LogP contribution is -2.43. The molecule has 180 valence electrons. The largest absolute Gasteiger partial charge is 0.486 e. The summed E-state index contributed by atoms with van der Waals surface area (Å²) in [5.74, 6) is -0.0397. The van der Waals surface area contributed by atoms with Crippen LogP contribution in [0.1, 0.15) is 31.0 Å². The second-order valence-corrected chi connectivity index (χ2v) is 8.04. The quantitative estimate of drug-likeness (QED) is 0.597. The number of urea groups is 1. The van der Waals surface area contributed by atoms with Crippen molar-refractivity contribution in [1.82, 2.24) is 15.5 Å². The zero-order chi connectivity index (χ0) is 24.5. The Morgan fingerprint density at radius 1 is 1.15 bits per heavy atom. The molecule has 11 heteroatoms. The van der Waals surface area contributed by atoms with E-state index < -0.39 is 42.6 Å². The highest BCUT2D eigenvalue weighted by atomic mass is 19.3. The van der Waals surface area contributed by atoms with E-state index >= 15 is 0 Å². The topological polar surface area (TPSA) is 106 Å². The summed E-state index contributed by atoms with van der Waals surface area (Å²) in [7, 11) is 0. The SMILES string of the molecule is C[C@H](NC(=O)CN1C(=O)N[C@](C)(c2ccc(OC(F)F)cc2)C1=O)c1ccc2c(c1)OCCO2. The van der Waals surface area contributed by atoms with Crippen LogP contribution < -0.4 is 24.8 Å². The number of hydrogen-bond acceptors (Lipinski definition) is 6. The van der Waals surface area contributed by atoms with Gasteiger partial charge in [-0.2, -0.15) is 8.78 Å². The molecule has 4 amide bonds. The third-order valence-electron chi connectivity index (χ3n) is 5.68. The van der Waals surface area contributed by atoms with Crippen LogP contribution in [-0.2, 0) is 15.1 Å². The Morgan fingerprint density at radius 2 is 1.82 bits per heavy atom. The van der Waals surface area contributed by atoms with Crippen molar-refractivity contribution in [2.45, 2.75) is 32.0 Å². The number of amides is 4. The number of imide groups is 1. The normalized spacial score (nSPS) is 20.2. The van der Waals surface area contributed by atoms with Gasteiger partial charge in [0.1, 0.15) is 31.0 Å². The average Bonchev–Trinajstić information content (AvgIpc) is 3.02. The molecule has 2 aromatic rings. The molecule has 0 unspecified atom stereocenters. The third kappa shape index (κ3) is 4.59. The van der Waals surface area contributed by atoms with Gasteiger partial charge in [0.05, 0.1) is 6.04 Å². The van der Waals surface area contributed by atoms with Crippen molar-refractivity contribution in [3.05, 3.63) is 53.6 Å². The summed E-state index contributed by atoms with van der Waals surface area (Å²) >= 11 is 0. The number of halogens is 2. The highest BCUT2D eigenvalue weighted by Crippen LogP contribution is 2.33. The zero-order valence-corrected chi connectivity index (χ0v) is 18.5. The number of nitrogens with one attached hydrogen (secondary N) is 2. The van der Waals surface area contributed by atoms with Gasteiger partial charge in [0.25, 0.3) is 5.91 Å². The minimum atomic E-state index is -2.98. The Balaban J connectivity index is 1.41. The van der Waals surface area contributed by atoms with Gasteiger partial charge in [0.2, 0.25) is 5.91 Å². The van der Waals surface area contributed by atoms with Gasteiger partial charge in [-0.25, -0.2) is 4.79 Å². The van der Waals surface area contributed by atoms with Crippen molar-refractivity contribution in [2.24, 2.45) is 0 Å². The molecule has 0 aromatic heterocycles. The monoisotopic (exact) mass is 475 g/mol. The second-order valence-electron chi connectivity index (χ2n) is 8.04. The van der Waals surface area contributed by atoms with Crippen molar-refractivity contribution >= 4 is 17.8 Å². The molecular formula is C23H23F2N3O6. The molecule has 2 N–H and O–H groups in total. The fraction of sp³-hybridized carbons (Fsp3) is 0.348. The summed E-state index contributed by atoms with van der Waals surface area (Å²) in [6, 6.07) is 9.53. The lowest BCUT2D eigenvalue weighted by molar-refractivity contribution is -0.135. The third-order valence-corrected chi connectivity index (χ3v) is 5.68. The van der Waals surface area contributed by atoms with E-state index in [4.69, 9.17) is 9.47 Å². The molecule has 1 saturated heterocycles. The molecule has 0 saturated carbocycles. The highest BCUT2D eigenvalue weighted by molar-refractivity contribution is 6.09. The van der Waals surface area contributed by atoms with Crippen molar-refractivity contribution in [3.8, 4) is 17.2 Å². The van der Waals surface area contributed by atoms with Crippen molar-refractivity contribution in [1.29, 1.82) is 0 Å². The Kier molecular flexibility index (Phi) is 6.27. The first-order valence-electron chi connectivity index (χ1n) is 10.6. The minimum absolute atomic E-state index is 0.0801. The van der Waals surface area contributed by atoms with E-state index in [1.807, 2.05) is 0 Å². The lowest BCUT2D eigenvalue weighted by atomic mass is 9.92. The number of benzene rings is 2. The summed E-state index contributed by atoms with van der Waals surface area (Å²) < 4.78 is 40.1. The molecule has 4 rings (SSSR count). The molecule has 0 bridgehead atoms. The average molecular weight is 475 g/mol. The molecule has 2 heterocycles. The molecule has 2 aliphatic rings. The van der Waals surface area contributed by atoms with Gasteiger partial charge in [-0.15, -0.1) is 0 Å².